The van der Waals surface area contributed by atoms with Crippen LogP contribution in [0.4, 0.5) is 0 Å². The second kappa shape index (κ2) is 6.46. The van der Waals surface area contributed by atoms with E-state index in [0.29, 0.717) is 5.92 Å². The van der Waals surface area contributed by atoms with Gasteiger partial charge in [0, 0.05) is 12.3 Å². The number of fused-ring (bicyclic) bond motifs is 1. The van der Waals surface area contributed by atoms with Gasteiger partial charge in [-0.05, 0) is 43.5 Å². The van der Waals surface area contributed by atoms with Crippen LogP contribution < -0.4 is 5.32 Å². The lowest BCUT2D eigenvalue weighted by Gasteiger charge is -2.02. The lowest BCUT2D eigenvalue weighted by Crippen LogP contribution is -2.14. The Kier molecular flexibility index (Phi) is 4.43. The van der Waals surface area contributed by atoms with Gasteiger partial charge in [0.15, 0.2) is 0 Å². The molecule has 2 aromatic rings. The molecule has 0 saturated heterocycles. The molecule has 1 N–H and O–H groups in total. The van der Waals surface area contributed by atoms with Crippen molar-refractivity contribution in [3.05, 3.63) is 45.4 Å². The molecule has 3 nitrogen and oxygen atoms in total. The van der Waals surface area contributed by atoms with Gasteiger partial charge in [-0.3, -0.25) is 0 Å². The Hall–Kier alpha value is -1.26. The zero-order valence-corrected chi connectivity index (χ0v) is 12.7. The summed E-state index contributed by atoms with van der Waals surface area (Å²) in [6, 6.07) is 8.75. The van der Waals surface area contributed by atoms with Gasteiger partial charge in [-0.15, -0.1) is 21.5 Å². The topological polar surface area (TPSA) is 37.8 Å². The van der Waals surface area contributed by atoms with Crippen molar-refractivity contribution in [2.24, 2.45) is 0 Å². The van der Waals surface area contributed by atoms with Crippen LogP contribution in [0.5, 0.6) is 0 Å². The summed E-state index contributed by atoms with van der Waals surface area (Å²) in [6.45, 7) is 4.25. The van der Waals surface area contributed by atoms with Gasteiger partial charge in [-0.25, -0.2) is 0 Å². The molecule has 1 heterocycles. The first kappa shape index (κ1) is 13.7. The van der Waals surface area contributed by atoms with Crippen LogP contribution in [0.3, 0.4) is 0 Å². The van der Waals surface area contributed by atoms with Gasteiger partial charge in [-0.1, -0.05) is 31.2 Å². The van der Waals surface area contributed by atoms with Crippen molar-refractivity contribution in [3.8, 4) is 0 Å². The van der Waals surface area contributed by atoms with Crippen molar-refractivity contribution in [1.29, 1.82) is 0 Å². The van der Waals surface area contributed by atoms with E-state index in [4.69, 9.17) is 0 Å². The highest BCUT2D eigenvalue weighted by Crippen LogP contribution is 2.35. The Balaban J connectivity index is 1.58. The van der Waals surface area contributed by atoms with Crippen LogP contribution in [0.1, 0.15) is 40.4 Å². The molecule has 0 unspecified atom stereocenters. The van der Waals surface area contributed by atoms with Crippen LogP contribution in [0.25, 0.3) is 0 Å². The predicted molar refractivity (Wildman–Crippen MR) is 83.4 cm³/mol. The third kappa shape index (κ3) is 3.07. The number of benzene rings is 1. The van der Waals surface area contributed by atoms with E-state index >= 15 is 0 Å². The van der Waals surface area contributed by atoms with E-state index in [0.717, 1.165) is 38.8 Å². The lowest BCUT2D eigenvalue weighted by molar-refractivity contribution is 0.667. The highest BCUT2D eigenvalue weighted by Gasteiger charge is 2.25. The molecule has 0 spiro atoms. The Morgan fingerprint density at radius 2 is 1.95 bits per heavy atom. The van der Waals surface area contributed by atoms with Crippen molar-refractivity contribution in [2.45, 2.75) is 38.5 Å². The summed E-state index contributed by atoms with van der Waals surface area (Å²) in [4.78, 5) is 0. The zero-order valence-electron chi connectivity index (χ0n) is 11.9. The molecule has 0 radical (unpaired) electrons. The molecule has 1 aliphatic carbocycles. The summed E-state index contributed by atoms with van der Waals surface area (Å²) in [5.74, 6) is 0.549. The molecule has 0 fully saturated rings. The van der Waals surface area contributed by atoms with E-state index in [9.17, 15) is 0 Å². The number of rotatable bonds is 6. The maximum absolute atomic E-state index is 4.43. The summed E-state index contributed by atoms with van der Waals surface area (Å²) < 4.78 is 0. The smallest absolute Gasteiger partial charge is 0.121 e. The highest BCUT2D eigenvalue weighted by atomic mass is 32.1. The van der Waals surface area contributed by atoms with E-state index in [1.807, 2.05) is 11.3 Å². The minimum absolute atomic E-state index is 0.549. The lowest BCUT2D eigenvalue weighted by atomic mass is 10.1. The Morgan fingerprint density at radius 3 is 2.65 bits per heavy atom. The van der Waals surface area contributed by atoms with Crippen molar-refractivity contribution >= 4 is 11.3 Å². The molecule has 0 aliphatic heterocycles. The molecule has 1 aliphatic rings. The van der Waals surface area contributed by atoms with Crippen LogP contribution in [-0.2, 0) is 19.3 Å². The molecular weight excluding hydrogens is 266 g/mol. The average molecular weight is 287 g/mol. The van der Waals surface area contributed by atoms with E-state index in [2.05, 4.69) is 46.7 Å². The van der Waals surface area contributed by atoms with E-state index in [-0.39, 0.29) is 0 Å². The maximum Gasteiger partial charge on any atom is 0.121 e. The van der Waals surface area contributed by atoms with E-state index < -0.39 is 0 Å². The molecule has 0 saturated carbocycles. The van der Waals surface area contributed by atoms with Crippen molar-refractivity contribution in [3.63, 3.8) is 0 Å². The monoisotopic (exact) mass is 287 g/mol. The predicted octanol–water partition coefficient (Wildman–Crippen LogP) is 2.96. The fourth-order valence-electron chi connectivity index (χ4n) is 2.81. The van der Waals surface area contributed by atoms with Gasteiger partial charge < -0.3 is 5.32 Å². The number of hydrogen-bond acceptors (Lipinski definition) is 4. The van der Waals surface area contributed by atoms with Crippen LogP contribution in [0, 0.1) is 0 Å². The molecule has 106 valence electrons. The minimum Gasteiger partial charge on any atom is -0.317 e. The number of nitrogens with zero attached hydrogens (tertiary/aromatic N) is 2. The summed E-state index contributed by atoms with van der Waals surface area (Å²) in [7, 11) is 0. The molecular formula is C16H21N3S. The van der Waals surface area contributed by atoms with Gasteiger partial charge in [0.1, 0.15) is 10.0 Å². The molecule has 0 bridgehead atoms. The van der Waals surface area contributed by atoms with E-state index in [1.54, 1.807) is 0 Å². The van der Waals surface area contributed by atoms with Gasteiger partial charge in [0.05, 0.1) is 0 Å². The van der Waals surface area contributed by atoms with Crippen molar-refractivity contribution in [2.75, 3.05) is 13.1 Å². The normalized spacial score (nSPS) is 14.7. The van der Waals surface area contributed by atoms with E-state index in [1.165, 1.54) is 21.1 Å². The maximum atomic E-state index is 4.43. The van der Waals surface area contributed by atoms with Crippen LogP contribution in [0.15, 0.2) is 24.3 Å². The molecule has 1 aromatic carbocycles. The van der Waals surface area contributed by atoms with Gasteiger partial charge in [-0.2, -0.15) is 0 Å². The first-order chi connectivity index (χ1) is 9.86. The standard InChI is InChI=1S/C16H21N3S/c1-2-17-9-5-8-15-18-19-16(20-15)14-10-12-6-3-4-7-13(12)11-14/h3-4,6-7,14,17H,2,5,8-11H2,1H3. The Labute approximate surface area is 124 Å². The second-order valence-corrected chi connectivity index (χ2v) is 6.46. The minimum atomic E-state index is 0.549. The quantitative estimate of drug-likeness (QED) is 0.830. The van der Waals surface area contributed by atoms with Gasteiger partial charge in [0.2, 0.25) is 0 Å². The summed E-state index contributed by atoms with van der Waals surface area (Å²) in [5.41, 5.74) is 2.97. The third-order valence-corrected chi connectivity index (χ3v) is 5.02. The number of aryl methyl sites for hydroxylation is 1. The molecule has 20 heavy (non-hydrogen) atoms. The first-order valence-corrected chi connectivity index (χ1v) is 8.28. The van der Waals surface area contributed by atoms with Crippen LogP contribution in [-0.4, -0.2) is 23.3 Å². The first-order valence-electron chi connectivity index (χ1n) is 7.46. The largest absolute Gasteiger partial charge is 0.317 e. The average Bonchev–Trinajstić information content (AvgIpc) is 3.09. The summed E-state index contributed by atoms with van der Waals surface area (Å²) in [5, 5.41) is 14.5. The van der Waals surface area contributed by atoms with Gasteiger partial charge in [0.25, 0.3) is 0 Å². The Morgan fingerprint density at radius 1 is 1.20 bits per heavy atom. The molecule has 1 aromatic heterocycles. The van der Waals surface area contributed by atoms with Crippen molar-refractivity contribution in [1.82, 2.24) is 15.5 Å². The molecule has 0 amide bonds. The number of aromatic nitrogens is 2. The molecule has 3 rings (SSSR count). The molecule has 4 heteroatoms. The zero-order chi connectivity index (χ0) is 13.8. The SMILES string of the molecule is CCNCCCc1nnc(C2Cc3ccccc3C2)s1. The second-order valence-electron chi connectivity index (χ2n) is 5.37. The third-order valence-electron chi connectivity index (χ3n) is 3.88. The number of hydrogen-bond donors (Lipinski definition) is 1. The highest BCUT2D eigenvalue weighted by molar-refractivity contribution is 7.11. The van der Waals surface area contributed by atoms with Crippen LogP contribution >= 0.6 is 11.3 Å². The number of nitrogens with one attached hydrogen (secondary N) is 1. The summed E-state index contributed by atoms with van der Waals surface area (Å²) in [6.07, 6.45) is 4.45. The van der Waals surface area contributed by atoms with Gasteiger partial charge >= 0.3 is 0 Å². The molecule has 0 atom stereocenters. The summed E-state index contributed by atoms with van der Waals surface area (Å²) >= 11 is 1.81. The Bertz CT molecular complexity index is 539. The van der Waals surface area contributed by atoms with Crippen molar-refractivity contribution < 1.29 is 0 Å². The fraction of sp³-hybridized carbons (Fsp3) is 0.500. The fourth-order valence-corrected chi connectivity index (χ4v) is 3.79. The van der Waals surface area contributed by atoms with Crippen LogP contribution in [0.2, 0.25) is 0 Å².